The zero-order valence-electron chi connectivity index (χ0n) is 16.1. The number of nitrogens with two attached hydrogens (primary N) is 2. The molecule has 0 unspecified atom stereocenters. The number of halogens is 4. The second-order valence-electron chi connectivity index (χ2n) is 6.95. The fourth-order valence-corrected chi connectivity index (χ4v) is 2.68. The number of anilines is 1. The number of hydrogen-bond donors (Lipinski definition) is 2. The molecule has 0 atom stereocenters. The van der Waals surface area contributed by atoms with E-state index in [0.29, 0.717) is 27.5 Å². The van der Waals surface area contributed by atoms with Gasteiger partial charge >= 0.3 is 6.18 Å². The lowest BCUT2D eigenvalue weighted by molar-refractivity contribution is -0.267. The third kappa shape index (κ3) is 6.00. The standard InChI is InChI=1S/C21H23ClF3N3O/c1-14(26)9-19(28(27)18-7-5-4-6-8-18)16-10-15(11-17(22)12-16)13-29-20(2,3)21(23,24)25/h4-12H,1,13,26-27H2,2-3H3/b19-9-. The Balaban J connectivity index is 2.39. The molecule has 2 rings (SSSR count). The van der Waals surface area contributed by atoms with Crippen LogP contribution < -0.4 is 16.6 Å². The molecule has 156 valence electrons. The molecule has 0 saturated carbocycles. The molecule has 0 aliphatic heterocycles. The highest BCUT2D eigenvalue weighted by molar-refractivity contribution is 6.30. The van der Waals surface area contributed by atoms with E-state index in [0.717, 1.165) is 13.8 Å². The maximum Gasteiger partial charge on any atom is 0.416 e. The van der Waals surface area contributed by atoms with Crippen LogP contribution >= 0.6 is 11.6 Å². The summed E-state index contributed by atoms with van der Waals surface area (Å²) in [4.78, 5) is 0. The van der Waals surface area contributed by atoms with Crippen LogP contribution in [0, 0.1) is 0 Å². The van der Waals surface area contributed by atoms with Crippen molar-refractivity contribution in [2.45, 2.75) is 32.2 Å². The molecule has 8 heteroatoms. The molecule has 2 aromatic rings. The van der Waals surface area contributed by atoms with E-state index in [1.165, 1.54) is 11.1 Å². The van der Waals surface area contributed by atoms with Crippen molar-refractivity contribution >= 4 is 23.0 Å². The van der Waals surface area contributed by atoms with Crippen LogP contribution in [0.1, 0.15) is 25.0 Å². The molecule has 4 nitrogen and oxygen atoms in total. The number of alkyl halides is 3. The Kier molecular flexibility index (Phi) is 7.00. The number of nitrogens with zero attached hydrogens (tertiary/aromatic N) is 1. The molecule has 0 fully saturated rings. The molecule has 0 saturated heterocycles. The first-order valence-corrected chi connectivity index (χ1v) is 9.05. The predicted octanol–water partition coefficient (Wildman–Crippen LogP) is 5.39. The second kappa shape index (κ2) is 8.90. The lowest BCUT2D eigenvalue weighted by Crippen LogP contribution is -2.41. The van der Waals surface area contributed by atoms with Crippen molar-refractivity contribution in [3.63, 3.8) is 0 Å². The van der Waals surface area contributed by atoms with E-state index in [9.17, 15) is 13.2 Å². The van der Waals surface area contributed by atoms with E-state index in [2.05, 4.69) is 6.58 Å². The largest absolute Gasteiger partial charge is 0.416 e. The molecular formula is C21H23ClF3N3O. The van der Waals surface area contributed by atoms with Crippen molar-refractivity contribution in [3.8, 4) is 0 Å². The van der Waals surface area contributed by atoms with Crippen LogP contribution in [0.4, 0.5) is 18.9 Å². The van der Waals surface area contributed by atoms with Crippen molar-refractivity contribution in [2.75, 3.05) is 5.01 Å². The van der Waals surface area contributed by atoms with Crippen LogP contribution in [-0.2, 0) is 11.3 Å². The Morgan fingerprint density at radius 2 is 1.79 bits per heavy atom. The average Bonchev–Trinajstić information content (AvgIpc) is 2.63. The quantitative estimate of drug-likeness (QED) is 0.354. The molecule has 0 spiro atoms. The molecule has 0 amide bonds. The van der Waals surface area contributed by atoms with E-state index in [1.807, 2.05) is 18.2 Å². The first kappa shape index (κ1) is 22.8. The minimum Gasteiger partial charge on any atom is -0.399 e. The van der Waals surface area contributed by atoms with Gasteiger partial charge in [0.1, 0.15) is 0 Å². The summed E-state index contributed by atoms with van der Waals surface area (Å²) in [6, 6.07) is 13.9. The summed E-state index contributed by atoms with van der Waals surface area (Å²) >= 11 is 6.20. The maximum absolute atomic E-state index is 13.1. The van der Waals surface area contributed by atoms with Gasteiger partial charge in [-0.3, -0.25) is 5.01 Å². The monoisotopic (exact) mass is 425 g/mol. The van der Waals surface area contributed by atoms with Crippen molar-refractivity contribution in [3.05, 3.63) is 83.0 Å². The third-order valence-electron chi connectivity index (χ3n) is 4.15. The number of ether oxygens (including phenoxy) is 1. The topological polar surface area (TPSA) is 64.5 Å². The van der Waals surface area contributed by atoms with Gasteiger partial charge in [-0.2, -0.15) is 13.2 Å². The van der Waals surface area contributed by atoms with Gasteiger partial charge in [0.25, 0.3) is 0 Å². The number of hydrazine groups is 1. The summed E-state index contributed by atoms with van der Waals surface area (Å²) in [6.07, 6.45) is -2.94. The van der Waals surface area contributed by atoms with Gasteiger partial charge in [0.15, 0.2) is 5.60 Å². The van der Waals surface area contributed by atoms with Crippen molar-refractivity contribution < 1.29 is 17.9 Å². The summed E-state index contributed by atoms with van der Waals surface area (Å²) in [5.41, 5.74) is 5.86. The molecular weight excluding hydrogens is 403 g/mol. The van der Waals surface area contributed by atoms with E-state index in [-0.39, 0.29) is 12.3 Å². The van der Waals surface area contributed by atoms with E-state index in [1.54, 1.807) is 30.3 Å². The zero-order chi connectivity index (χ0) is 21.8. The fourth-order valence-electron chi connectivity index (χ4n) is 2.42. The smallest absolute Gasteiger partial charge is 0.399 e. The first-order chi connectivity index (χ1) is 13.4. The minimum absolute atomic E-state index is 0.252. The summed E-state index contributed by atoms with van der Waals surface area (Å²) in [7, 11) is 0. The highest BCUT2D eigenvalue weighted by Crippen LogP contribution is 2.34. The Hall–Kier alpha value is -2.48. The number of para-hydroxylation sites is 1. The van der Waals surface area contributed by atoms with Gasteiger partial charge in [0.05, 0.1) is 18.0 Å². The maximum atomic E-state index is 13.1. The Morgan fingerprint density at radius 1 is 1.17 bits per heavy atom. The van der Waals surface area contributed by atoms with Gasteiger partial charge in [-0.25, -0.2) is 5.84 Å². The second-order valence-corrected chi connectivity index (χ2v) is 7.39. The van der Waals surface area contributed by atoms with Gasteiger partial charge in [0, 0.05) is 16.3 Å². The fraction of sp³-hybridized carbons (Fsp3) is 0.238. The predicted molar refractivity (Wildman–Crippen MR) is 111 cm³/mol. The number of hydrogen-bond acceptors (Lipinski definition) is 4. The molecule has 0 aliphatic rings. The molecule has 0 heterocycles. The van der Waals surface area contributed by atoms with E-state index >= 15 is 0 Å². The Morgan fingerprint density at radius 3 is 2.34 bits per heavy atom. The van der Waals surface area contributed by atoms with Gasteiger partial charge in [-0.05, 0) is 55.8 Å². The van der Waals surface area contributed by atoms with Crippen LogP contribution in [-0.4, -0.2) is 11.8 Å². The Bertz CT molecular complexity index is 896. The molecule has 0 aromatic heterocycles. The highest BCUT2D eigenvalue weighted by atomic mass is 35.5. The SMILES string of the molecule is C=C(N)/C=C(/c1cc(Cl)cc(COC(C)(C)C(F)(F)F)c1)N(N)c1ccccc1. The normalized spacial score (nSPS) is 12.7. The van der Waals surface area contributed by atoms with Crippen LogP contribution in [0.2, 0.25) is 5.02 Å². The molecule has 0 radical (unpaired) electrons. The van der Waals surface area contributed by atoms with Gasteiger partial charge in [-0.1, -0.05) is 36.4 Å². The summed E-state index contributed by atoms with van der Waals surface area (Å²) < 4.78 is 44.3. The first-order valence-electron chi connectivity index (χ1n) is 8.67. The minimum atomic E-state index is -4.50. The van der Waals surface area contributed by atoms with Crippen LogP contribution in [0.5, 0.6) is 0 Å². The third-order valence-corrected chi connectivity index (χ3v) is 4.37. The van der Waals surface area contributed by atoms with E-state index < -0.39 is 11.8 Å². The molecule has 4 N–H and O–H groups in total. The molecule has 0 bridgehead atoms. The van der Waals surface area contributed by atoms with Gasteiger partial charge in [0.2, 0.25) is 0 Å². The summed E-state index contributed by atoms with van der Waals surface area (Å²) in [6.45, 7) is 5.33. The van der Waals surface area contributed by atoms with Gasteiger partial charge < -0.3 is 10.5 Å². The molecule has 0 aliphatic carbocycles. The van der Waals surface area contributed by atoms with Crippen molar-refractivity contribution in [1.82, 2.24) is 0 Å². The zero-order valence-corrected chi connectivity index (χ0v) is 16.9. The molecule has 2 aromatic carbocycles. The summed E-state index contributed by atoms with van der Waals surface area (Å²) in [5, 5.41) is 1.72. The average molecular weight is 426 g/mol. The lowest BCUT2D eigenvalue weighted by Gasteiger charge is -2.28. The van der Waals surface area contributed by atoms with E-state index in [4.69, 9.17) is 27.9 Å². The Labute approximate surface area is 173 Å². The number of rotatable bonds is 7. The van der Waals surface area contributed by atoms with Crippen molar-refractivity contribution in [1.29, 1.82) is 0 Å². The summed E-state index contributed by atoms with van der Waals surface area (Å²) in [5.74, 6) is 6.27. The van der Waals surface area contributed by atoms with Crippen LogP contribution in [0.3, 0.4) is 0 Å². The lowest BCUT2D eigenvalue weighted by atomic mass is 10.1. The number of benzene rings is 2. The van der Waals surface area contributed by atoms with Crippen LogP contribution in [0.15, 0.2) is 66.9 Å². The van der Waals surface area contributed by atoms with Gasteiger partial charge in [-0.15, -0.1) is 0 Å². The van der Waals surface area contributed by atoms with Crippen molar-refractivity contribution in [2.24, 2.45) is 11.6 Å². The van der Waals surface area contributed by atoms with Crippen LogP contribution in [0.25, 0.3) is 5.70 Å². The highest BCUT2D eigenvalue weighted by Gasteiger charge is 2.48. The molecule has 29 heavy (non-hydrogen) atoms. The number of allylic oxidation sites excluding steroid dienone is 1.